The summed E-state index contributed by atoms with van der Waals surface area (Å²) in [4.78, 5) is 2.47. The summed E-state index contributed by atoms with van der Waals surface area (Å²) in [5.74, 6) is 0. The van der Waals surface area contributed by atoms with E-state index in [0.717, 1.165) is 45.4 Å². The summed E-state index contributed by atoms with van der Waals surface area (Å²) in [6.07, 6.45) is 2.35. The van der Waals surface area contributed by atoms with Gasteiger partial charge in [0, 0.05) is 33.8 Å². The van der Waals surface area contributed by atoms with E-state index in [1.165, 1.54) is 73.2 Å². The van der Waals surface area contributed by atoms with Crippen molar-refractivity contribution in [3.63, 3.8) is 0 Å². The van der Waals surface area contributed by atoms with Gasteiger partial charge < -0.3 is 9.32 Å². The molecule has 0 saturated carbocycles. The van der Waals surface area contributed by atoms with Crippen LogP contribution in [0.25, 0.3) is 55.3 Å². The van der Waals surface area contributed by atoms with Gasteiger partial charge in [0.1, 0.15) is 11.2 Å². The molecular weight excluding hydrogens is 715 g/mol. The Hall–Kier alpha value is -6.64. The molecule has 0 aliphatic heterocycles. The summed E-state index contributed by atoms with van der Waals surface area (Å²) in [6.45, 7) is 9.70. The van der Waals surface area contributed by atoms with E-state index in [4.69, 9.17) is 4.42 Å². The Kier molecular flexibility index (Phi) is 7.11. The molecule has 0 unspecified atom stereocenters. The summed E-state index contributed by atoms with van der Waals surface area (Å²) < 4.78 is 6.58. The first-order chi connectivity index (χ1) is 28.7. The fourth-order valence-corrected chi connectivity index (χ4v) is 11.2. The van der Waals surface area contributed by atoms with Crippen molar-refractivity contribution in [2.45, 2.75) is 56.8 Å². The molecule has 0 amide bonds. The first kappa shape index (κ1) is 34.4. The molecule has 59 heavy (non-hydrogen) atoms. The van der Waals surface area contributed by atoms with Crippen molar-refractivity contribution < 1.29 is 4.42 Å². The van der Waals surface area contributed by atoms with Crippen LogP contribution in [0.4, 0.5) is 17.1 Å². The van der Waals surface area contributed by atoms with E-state index in [2.05, 4.69) is 202 Å². The van der Waals surface area contributed by atoms with Gasteiger partial charge in [0.15, 0.2) is 0 Å². The number of anilines is 3. The first-order valence-corrected chi connectivity index (χ1v) is 21.1. The number of nitrogens with zero attached hydrogens (tertiary/aromatic N) is 1. The zero-order chi connectivity index (χ0) is 39.7. The Morgan fingerprint density at radius 1 is 0.390 bits per heavy atom. The van der Waals surface area contributed by atoms with Gasteiger partial charge in [-0.1, -0.05) is 155 Å². The van der Waals surface area contributed by atoms with Crippen molar-refractivity contribution in [1.29, 1.82) is 0 Å². The zero-order valence-electron chi connectivity index (χ0n) is 34.0. The number of benzene rings is 8. The van der Waals surface area contributed by atoms with Gasteiger partial charge in [-0.2, -0.15) is 0 Å². The predicted octanol–water partition coefficient (Wildman–Crippen LogP) is 15.4. The number of furan rings is 1. The molecule has 2 heteroatoms. The Morgan fingerprint density at radius 3 is 1.66 bits per heavy atom. The van der Waals surface area contributed by atoms with E-state index in [1.54, 1.807) is 0 Å². The molecule has 284 valence electrons. The van der Waals surface area contributed by atoms with Crippen LogP contribution >= 0.6 is 0 Å². The number of rotatable bonds is 4. The van der Waals surface area contributed by atoms with Gasteiger partial charge in [0.2, 0.25) is 0 Å². The van der Waals surface area contributed by atoms with Crippen molar-refractivity contribution in [3.05, 3.63) is 209 Å². The second-order valence-electron chi connectivity index (χ2n) is 18.3. The van der Waals surface area contributed by atoms with Crippen LogP contribution in [0, 0.1) is 0 Å². The smallest absolute Gasteiger partial charge is 0.137 e. The van der Waals surface area contributed by atoms with Crippen LogP contribution in [-0.2, 0) is 16.2 Å². The topological polar surface area (TPSA) is 16.4 Å². The largest absolute Gasteiger partial charge is 0.456 e. The van der Waals surface area contributed by atoms with E-state index < -0.39 is 5.41 Å². The zero-order valence-corrected chi connectivity index (χ0v) is 34.0. The van der Waals surface area contributed by atoms with Crippen molar-refractivity contribution in [2.75, 3.05) is 4.90 Å². The number of fused-ring (bicyclic) bond motifs is 14. The van der Waals surface area contributed by atoms with E-state index in [9.17, 15) is 0 Å². The number of hydrogen-bond donors (Lipinski definition) is 0. The summed E-state index contributed by atoms with van der Waals surface area (Å²) in [5.41, 5.74) is 20.8. The molecule has 1 aromatic heterocycles. The second-order valence-corrected chi connectivity index (χ2v) is 18.3. The number of hydrogen-bond acceptors (Lipinski definition) is 2. The third-order valence-corrected chi connectivity index (χ3v) is 14.2. The van der Waals surface area contributed by atoms with Crippen LogP contribution in [0.3, 0.4) is 0 Å². The highest BCUT2D eigenvalue weighted by atomic mass is 16.3. The van der Waals surface area contributed by atoms with Crippen molar-refractivity contribution in [3.8, 4) is 33.4 Å². The summed E-state index contributed by atoms with van der Waals surface area (Å²) in [6, 6.07) is 65.8. The molecule has 12 rings (SSSR count). The Labute approximate surface area is 346 Å². The standard InChI is InChI=1S/C57H45NO/c1-55(2)30-31-56(3,4)51-32-36(26-29-49(51)55)44-34-45-41-20-10-14-24-48(41)57(46-22-12-8-18-39(46)40-19-9-13-23-47(40)57)50(45)35-52(44)58(37-16-6-5-7-17-37)38-27-28-43-42-21-11-15-25-53(42)59-54(43)33-38/h5-29,32-35H,30-31H2,1-4H3. The minimum absolute atomic E-state index is 0.0666. The quantitative estimate of drug-likeness (QED) is 0.178. The van der Waals surface area contributed by atoms with Gasteiger partial charge in [0.05, 0.1) is 11.1 Å². The molecule has 0 saturated heterocycles. The lowest BCUT2D eigenvalue weighted by molar-refractivity contribution is 0.332. The van der Waals surface area contributed by atoms with Crippen LogP contribution in [0.5, 0.6) is 0 Å². The highest BCUT2D eigenvalue weighted by molar-refractivity contribution is 6.07. The maximum atomic E-state index is 6.58. The van der Waals surface area contributed by atoms with E-state index >= 15 is 0 Å². The molecule has 0 bridgehead atoms. The average Bonchev–Trinajstić information content (AvgIpc) is 3.89. The molecule has 1 spiro atoms. The van der Waals surface area contributed by atoms with Gasteiger partial charge in [-0.3, -0.25) is 0 Å². The van der Waals surface area contributed by atoms with E-state index in [-0.39, 0.29) is 10.8 Å². The van der Waals surface area contributed by atoms with Crippen molar-refractivity contribution in [1.82, 2.24) is 0 Å². The molecule has 9 aromatic rings. The van der Waals surface area contributed by atoms with Crippen LogP contribution in [0.15, 0.2) is 180 Å². The third kappa shape index (κ3) is 4.75. The van der Waals surface area contributed by atoms with Gasteiger partial charge in [-0.05, 0) is 127 Å². The molecule has 0 fully saturated rings. The lowest BCUT2D eigenvalue weighted by Crippen LogP contribution is -2.33. The third-order valence-electron chi connectivity index (χ3n) is 14.2. The second kappa shape index (κ2) is 12.2. The van der Waals surface area contributed by atoms with Crippen molar-refractivity contribution in [2.24, 2.45) is 0 Å². The minimum atomic E-state index is -0.473. The van der Waals surface area contributed by atoms with Gasteiger partial charge in [0.25, 0.3) is 0 Å². The highest BCUT2D eigenvalue weighted by Gasteiger charge is 2.52. The average molecular weight is 760 g/mol. The maximum Gasteiger partial charge on any atom is 0.137 e. The normalized spacial score (nSPS) is 16.1. The van der Waals surface area contributed by atoms with Gasteiger partial charge in [-0.25, -0.2) is 0 Å². The molecule has 0 atom stereocenters. The molecule has 1 heterocycles. The molecule has 3 aliphatic rings. The van der Waals surface area contributed by atoms with E-state index in [1.807, 2.05) is 6.07 Å². The molecule has 3 aliphatic carbocycles. The van der Waals surface area contributed by atoms with Gasteiger partial charge in [-0.15, -0.1) is 0 Å². The number of para-hydroxylation sites is 2. The summed E-state index contributed by atoms with van der Waals surface area (Å²) in [7, 11) is 0. The van der Waals surface area contributed by atoms with Gasteiger partial charge >= 0.3 is 0 Å². The van der Waals surface area contributed by atoms with E-state index in [0.29, 0.717) is 0 Å². The van der Waals surface area contributed by atoms with Crippen LogP contribution < -0.4 is 4.90 Å². The van der Waals surface area contributed by atoms with Crippen LogP contribution in [-0.4, -0.2) is 0 Å². The van der Waals surface area contributed by atoms with Crippen LogP contribution in [0.1, 0.15) is 73.9 Å². The molecule has 2 nitrogen and oxygen atoms in total. The summed E-state index contributed by atoms with van der Waals surface area (Å²) in [5, 5.41) is 2.26. The fraction of sp³-hybridized carbons (Fsp3) is 0.158. The molecule has 0 radical (unpaired) electrons. The highest BCUT2D eigenvalue weighted by Crippen LogP contribution is 2.64. The lowest BCUT2D eigenvalue weighted by Gasteiger charge is -2.42. The first-order valence-electron chi connectivity index (χ1n) is 21.1. The fourth-order valence-electron chi connectivity index (χ4n) is 11.2. The van der Waals surface area contributed by atoms with Crippen LogP contribution in [0.2, 0.25) is 0 Å². The maximum absolute atomic E-state index is 6.58. The minimum Gasteiger partial charge on any atom is -0.456 e. The monoisotopic (exact) mass is 759 g/mol. The molecule has 8 aromatic carbocycles. The lowest BCUT2D eigenvalue weighted by atomic mass is 9.63. The molecular formula is C57H45NO. The van der Waals surface area contributed by atoms with Crippen molar-refractivity contribution >= 4 is 39.0 Å². The Morgan fingerprint density at radius 2 is 0.966 bits per heavy atom. The predicted molar refractivity (Wildman–Crippen MR) is 245 cm³/mol. The summed E-state index contributed by atoms with van der Waals surface area (Å²) >= 11 is 0. The Bertz CT molecular complexity index is 3130. The Balaban J connectivity index is 1.20. The SMILES string of the molecule is CC1(C)CCC(C)(C)c2cc(-c3cc4c(cc3N(c3ccccc3)c3ccc5c(c3)oc3ccccc35)C3(c5ccccc5-c5ccccc53)c3ccccc3-4)ccc21. The molecule has 0 N–H and O–H groups in total.